The lowest BCUT2D eigenvalue weighted by atomic mass is 9.96. The predicted molar refractivity (Wildman–Crippen MR) is 122 cm³/mol. The molecular weight excluding hydrogens is 446 g/mol. The summed E-state index contributed by atoms with van der Waals surface area (Å²) >= 11 is 0. The maximum absolute atomic E-state index is 12.7. The third kappa shape index (κ3) is 5.34. The summed E-state index contributed by atoms with van der Waals surface area (Å²) in [5, 5.41) is 7.11. The molecule has 1 saturated heterocycles. The van der Waals surface area contributed by atoms with E-state index in [0.29, 0.717) is 37.4 Å². The molecule has 4 rings (SSSR count). The van der Waals surface area contributed by atoms with Crippen LogP contribution in [0.2, 0.25) is 0 Å². The molecule has 11 nitrogen and oxygen atoms in total. The molecule has 0 atom stereocenters. The first-order valence-electron chi connectivity index (χ1n) is 10.3. The van der Waals surface area contributed by atoms with Gasteiger partial charge in [-0.1, -0.05) is 0 Å². The molecule has 0 spiro atoms. The molecule has 1 amide bonds. The van der Waals surface area contributed by atoms with Crippen molar-refractivity contribution >= 4 is 33.4 Å². The number of nitrogens with one attached hydrogen (secondary N) is 2. The molecule has 172 valence electrons. The normalized spacial score (nSPS) is 14.6. The average Bonchev–Trinajstić information content (AvgIpc) is 2.82. The molecule has 1 aliphatic heterocycles. The van der Waals surface area contributed by atoms with Crippen molar-refractivity contribution in [2.45, 2.75) is 17.7 Å². The lowest BCUT2D eigenvalue weighted by molar-refractivity contribution is -0.120. The van der Waals surface area contributed by atoms with Crippen LogP contribution in [0.1, 0.15) is 12.8 Å². The molecule has 2 aromatic heterocycles. The molecule has 1 aliphatic rings. The van der Waals surface area contributed by atoms with Crippen molar-refractivity contribution < 1.29 is 13.2 Å². The Morgan fingerprint density at radius 1 is 1.03 bits per heavy atom. The molecular formula is C21H23N7O4S. The lowest BCUT2D eigenvalue weighted by Crippen LogP contribution is -2.39. The SMILES string of the molecule is Cn1nc(N2CCC(C(=O)Nc3ccc(S(=O)(=O)Nc4ncccn4)cc3)CC2)ccc1=O. The largest absolute Gasteiger partial charge is 0.355 e. The van der Waals surface area contributed by atoms with Gasteiger partial charge in [0.05, 0.1) is 4.90 Å². The number of aromatic nitrogens is 4. The van der Waals surface area contributed by atoms with Gasteiger partial charge in [0.25, 0.3) is 15.6 Å². The third-order valence-electron chi connectivity index (χ3n) is 5.36. The van der Waals surface area contributed by atoms with E-state index in [1.165, 1.54) is 35.3 Å². The topological polar surface area (TPSA) is 139 Å². The summed E-state index contributed by atoms with van der Waals surface area (Å²) in [6, 6.07) is 10.7. The van der Waals surface area contributed by atoms with E-state index in [1.807, 2.05) is 4.90 Å². The molecule has 0 aliphatic carbocycles. The van der Waals surface area contributed by atoms with Crippen molar-refractivity contribution in [3.8, 4) is 0 Å². The monoisotopic (exact) mass is 469 g/mol. The van der Waals surface area contributed by atoms with Crippen LogP contribution in [0, 0.1) is 5.92 Å². The highest BCUT2D eigenvalue weighted by Gasteiger charge is 2.26. The maximum Gasteiger partial charge on any atom is 0.266 e. The zero-order chi connectivity index (χ0) is 23.4. The predicted octanol–water partition coefficient (Wildman–Crippen LogP) is 1.23. The van der Waals surface area contributed by atoms with Crippen LogP contribution in [0.4, 0.5) is 17.5 Å². The van der Waals surface area contributed by atoms with E-state index in [2.05, 4.69) is 25.1 Å². The van der Waals surface area contributed by atoms with Crippen LogP contribution in [-0.4, -0.2) is 47.2 Å². The van der Waals surface area contributed by atoms with Crippen molar-refractivity contribution in [2.75, 3.05) is 28.0 Å². The van der Waals surface area contributed by atoms with E-state index < -0.39 is 10.0 Å². The minimum atomic E-state index is -3.84. The smallest absolute Gasteiger partial charge is 0.266 e. The minimum absolute atomic E-state index is 0.0193. The molecule has 3 heterocycles. The van der Waals surface area contributed by atoms with Crippen LogP contribution in [0.25, 0.3) is 0 Å². The Labute approximate surface area is 190 Å². The molecule has 0 saturated carbocycles. The van der Waals surface area contributed by atoms with E-state index in [-0.39, 0.29) is 28.2 Å². The Bertz CT molecular complexity index is 1290. The highest BCUT2D eigenvalue weighted by atomic mass is 32.2. The quantitative estimate of drug-likeness (QED) is 0.549. The first kappa shape index (κ1) is 22.4. The Morgan fingerprint density at radius 3 is 2.33 bits per heavy atom. The summed E-state index contributed by atoms with van der Waals surface area (Å²) in [4.78, 5) is 34.0. The minimum Gasteiger partial charge on any atom is -0.355 e. The number of anilines is 3. The van der Waals surface area contributed by atoms with Crippen molar-refractivity contribution in [2.24, 2.45) is 13.0 Å². The van der Waals surface area contributed by atoms with Gasteiger partial charge in [0.15, 0.2) is 0 Å². The van der Waals surface area contributed by atoms with Gasteiger partial charge in [0.1, 0.15) is 5.82 Å². The van der Waals surface area contributed by atoms with Gasteiger partial charge in [0.2, 0.25) is 11.9 Å². The van der Waals surface area contributed by atoms with E-state index in [1.54, 1.807) is 31.3 Å². The fourth-order valence-electron chi connectivity index (χ4n) is 3.52. The Kier molecular flexibility index (Phi) is 6.36. The number of carbonyl (C=O) groups excluding carboxylic acids is 1. The van der Waals surface area contributed by atoms with Crippen LogP contribution >= 0.6 is 0 Å². The standard InChI is InChI=1S/C21H23N7O4S/c1-27-19(29)8-7-18(25-27)28-13-9-15(10-14-28)20(30)24-16-3-5-17(6-4-16)33(31,32)26-21-22-11-2-12-23-21/h2-8,11-12,15H,9-10,13-14H2,1H3,(H,24,30)(H,22,23,26). The number of amides is 1. The molecule has 12 heteroatoms. The first-order chi connectivity index (χ1) is 15.8. The van der Waals surface area contributed by atoms with Gasteiger partial charge in [0, 0.05) is 50.2 Å². The first-order valence-corrected chi connectivity index (χ1v) is 11.8. The van der Waals surface area contributed by atoms with Crippen LogP contribution in [0.5, 0.6) is 0 Å². The fourth-order valence-corrected chi connectivity index (χ4v) is 4.48. The van der Waals surface area contributed by atoms with Crippen LogP contribution in [0.15, 0.2) is 64.5 Å². The number of hydrogen-bond acceptors (Lipinski definition) is 8. The number of nitrogens with zero attached hydrogens (tertiary/aromatic N) is 5. The molecule has 1 fully saturated rings. The van der Waals surface area contributed by atoms with Gasteiger partial charge < -0.3 is 10.2 Å². The second kappa shape index (κ2) is 9.36. The summed E-state index contributed by atoms with van der Waals surface area (Å²) in [6.45, 7) is 1.29. The summed E-state index contributed by atoms with van der Waals surface area (Å²) in [6.07, 6.45) is 4.16. The van der Waals surface area contributed by atoms with Crippen LogP contribution in [-0.2, 0) is 21.9 Å². The van der Waals surface area contributed by atoms with E-state index in [0.717, 1.165) is 0 Å². The fraction of sp³-hybridized carbons (Fsp3) is 0.286. The Hall–Kier alpha value is -3.80. The molecule has 1 aromatic carbocycles. The van der Waals surface area contributed by atoms with E-state index in [4.69, 9.17) is 0 Å². The highest BCUT2D eigenvalue weighted by Crippen LogP contribution is 2.23. The zero-order valence-electron chi connectivity index (χ0n) is 17.9. The van der Waals surface area contributed by atoms with Gasteiger partial charge in [-0.15, -0.1) is 0 Å². The number of hydrogen-bond donors (Lipinski definition) is 2. The van der Waals surface area contributed by atoms with Crippen molar-refractivity contribution in [1.29, 1.82) is 0 Å². The van der Waals surface area contributed by atoms with Gasteiger partial charge in [-0.2, -0.15) is 5.10 Å². The molecule has 0 radical (unpaired) electrons. The van der Waals surface area contributed by atoms with Gasteiger partial charge in [-0.05, 0) is 49.2 Å². The van der Waals surface area contributed by atoms with Gasteiger partial charge >= 0.3 is 0 Å². The summed E-state index contributed by atoms with van der Waals surface area (Å²) < 4.78 is 28.5. The molecule has 33 heavy (non-hydrogen) atoms. The Balaban J connectivity index is 1.33. The Morgan fingerprint density at radius 2 is 1.70 bits per heavy atom. The van der Waals surface area contributed by atoms with Gasteiger partial charge in [-0.25, -0.2) is 27.8 Å². The van der Waals surface area contributed by atoms with Gasteiger partial charge in [-0.3, -0.25) is 9.59 Å². The second-order valence-electron chi connectivity index (χ2n) is 7.61. The molecule has 0 unspecified atom stereocenters. The zero-order valence-corrected chi connectivity index (χ0v) is 18.7. The average molecular weight is 470 g/mol. The molecule has 2 N–H and O–H groups in total. The van der Waals surface area contributed by atoms with Crippen LogP contribution in [0.3, 0.4) is 0 Å². The number of benzene rings is 1. The van der Waals surface area contributed by atoms with Crippen molar-refractivity contribution in [3.63, 3.8) is 0 Å². The lowest BCUT2D eigenvalue weighted by Gasteiger charge is -2.32. The molecule has 3 aromatic rings. The van der Waals surface area contributed by atoms with Crippen molar-refractivity contribution in [1.82, 2.24) is 19.7 Å². The van der Waals surface area contributed by atoms with Crippen molar-refractivity contribution in [3.05, 3.63) is 65.2 Å². The summed E-state index contributed by atoms with van der Waals surface area (Å²) in [5.74, 6) is 0.403. The highest BCUT2D eigenvalue weighted by molar-refractivity contribution is 7.92. The number of piperidine rings is 1. The van der Waals surface area contributed by atoms with E-state index in [9.17, 15) is 18.0 Å². The number of sulfonamides is 1. The third-order valence-corrected chi connectivity index (χ3v) is 6.70. The summed E-state index contributed by atoms with van der Waals surface area (Å²) in [7, 11) is -2.23. The number of rotatable bonds is 6. The van der Waals surface area contributed by atoms with E-state index >= 15 is 0 Å². The molecule has 0 bridgehead atoms. The second-order valence-corrected chi connectivity index (χ2v) is 9.29. The van der Waals surface area contributed by atoms with Crippen LogP contribution < -0.4 is 20.5 Å². The number of carbonyl (C=O) groups is 1. The maximum atomic E-state index is 12.7. The summed E-state index contributed by atoms with van der Waals surface area (Å²) in [5.41, 5.74) is 0.341. The number of aryl methyl sites for hydroxylation is 1.